The Morgan fingerprint density at radius 3 is 2.53 bits per heavy atom. The summed E-state index contributed by atoms with van der Waals surface area (Å²) in [5.41, 5.74) is 5.34. The molecule has 0 aliphatic carbocycles. The highest BCUT2D eigenvalue weighted by atomic mass is 32.2. The quantitative estimate of drug-likeness (QED) is 0.180. The minimum atomic E-state index is 0.955. The van der Waals surface area contributed by atoms with E-state index in [1.807, 2.05) is 45.7 Å². The van der Waals surface area contributed by atoms with Gasteiger partial charge in [-0.2, -0.15) is 16.3 Å². The third-order valence-electron chi connectivity index (χ3n) is 6.26. The van der Waals surface area contributed by atoms with E-state index in [4.69, 9.17) is 0 Å². The van der Waals surface area contributed by atoms with Crippen LogP contribution in [0, 0.1) is 0 Å². The SMILES string of the molecule is C=CSc1ccc2c(c1)N(CC)C(=CC=C1C=C(C=Cc3sc4ccc(SC=C)cc4[n+]3CC)CSC1)S2. The summed E-state index contributed by atoms with van der Waals surface area (Å²) in [5.74, 6) is 2.10. The summed E-state index contributed by atoms with van der Waals surface area (Å²) in [7, 11) is 0. The van der Waals surface area contributed by atoms with Gasteiger partial charge in [0.15, 0.2) is 0 Å². The molecule has 0 atom stereocenters. The molecule has 2 aromatic carbocycles. The lowest BCUT2D eigenvalue weighted by molar-refractivity contribution is -0.665. The van der Waals surface area contributed by atoms with Gasteiger partial charge in [-0.25, -0.2) is 0 Å². The number of hydrogen-bond acceptors (Lipinski definition) is 6. The summed E-state index contributed by atoms with van der Waals surface area (Å²) >= 11 is 9.06. The topological polar surface area (TPSA) is 7.12 Å². The Hall–Kier alpha value is -2.03. The van der Waals surface area contributed by atoms with Crippen molar-refractivity contribution in [3.05, 3.63) is 106 Å². The van der Waals surface area contributed by atoms with E-state index in [0.717, 1.165) is 24.6 Å². The van der Waals surface area contributed by atoms with Gasteiger partial charge in [-0.3, -0.25) is 0 Å². The lowest BCUT2D eigenvalue weighted by Gasteiger charge is -2.18. The fraction of sp³-hybridized carbons (Fsp3) is 0.194. The van der Waals surface area contributed by atoms with Crippen LogP contribution in [-0.2, 0) is 6.54 Å². The van der Waals surface area contributed by atoms with Crippen molar-refractivity contribution in [1.82, 2.24) is 0 Å². The first kappa shape index (κ1) is 27.5. The number of nitrogens with zero attached hydrogens (tertiary/aromatic N) is 2. The van der Waals surface area contributed by atoms with Crippen LogP contribution in [0.3, 0.4) is 0 Å². The number of anilines is 1. The summed E-state index contributed by atoms with van der Waals surface area (Å²) in [4.78, 5) is 6.21. The minimum Gasteiger partial charge on any atom is -0.335 e. The van der Waals surface area contributed by atoms with Crippen molar-refractivity contribution in [1.29, 1.82) is 0 Å². The Kier molecular flexibility index (Phi) is 9.33. The Morgan fingerprint density at radius 2 is 1.76 bits per heavy atom. The lowest BCUT2D eigenvalue weighted by atomic mass is 10.1. The van der Waals surface area contributed by atoms with Crippen LogP contribution in [0.4, 0.5) is 5.69 Å². The fourth-order valence-corrected chi connectivity index (χ4v) is 8.75. The number of allylic oxidation sites excluding steroid dienone is 4. The summed E-state index contributed by atoms with van der Waals surface area (Å²) in [6, 6.07) is 13.4. The highest BCUT2D eigenvalue weighted by Gasteiger charge is 2.24. The van der Waals surface area contributed by atoms with Gasteiger partial charge in [0.1, 0.15) is 11.2 Å². The summed E-state index contributed by atoms with van der Waals surface area (Å²) in [6.07, 6.45) is 11.6. The van der Waals surface area contributed by atoms with E-state index < -0.39 is 0 Å². The lowest BCUT2D eigenvalue weighted by Crippen LogP contribution is -2.33. The van der Waals surface area contributed by atoms with Crippen molar-refractivity contribution in [2.45, 2.75) is 35.1 Å². The molecule has 2 nitrogen and oxygen atoms in total. The second-order valence-corrected chi connectivity index (χ2v) is 13.8. The van der Waals surface area contributed by atoms with Gasteiger partial charge in [0.2, 0.25) is 5.52 Å². The third kappa shape index (κ3) is 6.07. The summed E-state index contributed by atoms with van der Waals surface area (Å²) < 4.78 is 3.74. The molecule has 0 radical (unpaired) electrons. The van der Waals surface area contributed by atoms with E-state index in [0.29, 0.717) is 0 Å². The van der Waals surface area contributed by atoms with Gasteiger partial charge in [-0.15, -0.1) is 0 Å². The number of aromatic nitrogens is 1. The molecule has 0 saturated carbocycles. The van der Waals surface area contributed by atoms with Gasteiger partial charge in [0.25, 0.3) is 5.01 Å². The summed E-state index contributed by atoms with van der Waals surface area (Å²) in [6.45, 7) is 14.1. The van der Waals surface area contributed by atoms with Crippen LogP contribution in [0.5, 0.6) is 0 Å². The second kappa shape index (κ2) is 12.9. The van der Waals surface area contributed by atoms with Crippen LogP contribution in [0.2, 0.25) is 0 Å². The number of benzene rings is 2. The van der Waals surface area contributed by atoms with E-state index >= 15 is 0 Å². The van der Waals surface area contributed by atoms with Gasteiger partial charge in [-0.05, 0) is 72.2 Å². The summed E-state index contributed by atoms with van der Waals surface area (Å²) in [5, 5.41) is 6.37. The van der Waals surface area contributed by atoms with E-state index in [-0.39, 0.29) is 0 Å². The zero-order valence-corrected chi connectivity index (χ0v) is 25.8. The van der Waals surface area contributed by atoms with Crippen LogP contribution in [-0.4, -0.2) is 18.1 Å². The van der Waals surface area contributed by atoms with Crippen molar-refractivity contribution < 1.29 is 4.57 Å². The molecule has 2 aliphatic rings. The zero-order chi connectivity index (χ0) is 26.5. The first-order valence-corrected chi connectivity index (χ1v) is 17.2. The maximum atomic E-state index is 3.86. The molecular weight excluding hydrogens is 561 g/mol. The van der Waals surface area contributed by atoms with Gasteiger partial charge >= 0.3 is 0 Å². The van der Waals surface area contributed by atoms with Crippen molar-refractivity contribution in [2.24, 2.45) is 0 Å². The first-order valence-electron chi connectivity index (χ1n) is 12.6. The molecule has 0 spiro atoms. The molecule has 7 heteroatoms. The van der Waals surface area contributed by atoms with E-state index in [9.17, 15) is 0 Å². The molecule has 194 valence electrons. The molecular formula is C31H31N2S5+. The average Bonchev–Trinajstić information content (AvgIpc) is 3.47. The van der Waals surface area contributed by atoms with Gasteiger partial charge in [-0.1, -0.05) is 78.0 Å². The normalized spacial score (nSPS) is 17.5. The van der Waals surface area contributed by atoms with Crippen LogP contribution < -0.4 is 9.47 Å². The number of hydrogen-bond donors (Lipinski definition) is 0. The van der Waals surface area contributed by atoms with Crippen LogP contribution in [0.1, 0.15) is 18.9 Å². The number of aryl methyl sites for hydroxylation is 1. The molecule has 3 heterocycles. The van der Waals surface area contributed by atoms with Crippen molar-refractivity contribution in [2.75, 3.05) is 23.0 Å². The Bertz CT molecular complexity index is 1490. The van der Waals surface area contributed by atoms with E-state index in [1.54, 1.807) is 23.5 Å². The predicted octanol–water partition coefficient (Wildman–Crippen LogP) is 9.77. The molecule has 0 bridgehead atoms. The average molecular weight is 592 g/mol. The maximum absolute atomic E-state index is 3.86. The van der Waals surface area contributed by atoms with Crippen molar-refractivity contribution in [3.63, 3.8) is 0 Å². The molecule has 38 heavy (non-hydrogen) atoms. The highest BCUT2D eigenvalue weighted by molar-refractivity contribution is 8.04. The van der Waals surface area contributed by atoms with Gasteiger partial charge in [0.05, 0.1) is 10.7 Å². The number of thiazole rings is 1. The fourth-order valence-electron chi connectivity index (χ4n) is 4.56. The van der Waals surface area contributed by atoms with Crippen LogP contribution in [0.25, 0.3) is 16.3 Å². The molecule has 2 aliphatic heterocycles. The number of rotatable bonds is 9. The Balaban J connectivity index is 1.36. The Labute approximate surface area is 247 Å². The molecule has 0 amide bonds. The van der Waals surface area contributed by atoms with Crippen LogP contribution >= 0.6 is 58.4 Å². The maximum Gasteiger partial charge on any atom is 0.262 e. The molecule has 5 rings (SSSR count). The van der Waals surface area contributed by atoms with E-state index in [2.05, 4.69) is 103 Å². The van der Waals surface area contributed by atoms with Crippen LogP contribution in [0.15, 0.2) is 116 Å². The van der Waals surface area contributed by atoms with Crippen molar-refractivity contribution in [3.8, 4) is 0 Å². The molecule has 3 aromatic rings. The van der Waals surface area contributed by atoms with E-state index in [1.165, 1.54) is 51.8 Å². The largest absolute Gasteiger partial charge is 0.335 e. The Morgan fingerprint density at radius 1 is 0.974 bits per heavy atom. The number of fused-ring (bicyclic) bond motifs is 2. The third-order valence-corrected chi connectivity index (χ3v) is 11.0. The highest BCUT2D eigenvalue weighted by Crippen LogP contribution is 2.47. The molecule has 1 aromatic heterocycles. The molecule has 0 N–H and O–H groups in total. The molecule has 0 saturated heterocycles. The van der Waals surface area contributed by atoms with Gasteiger partial charge in [0, 0.05) is 44.9 Å². The zero-order valence-electron chi connectivity index (χ0n) is 21.7. The van der Waals surface area contributed by atoms with Gasteiger partial charge < -0.3 is 4.90 Å². The minimum absolute atomic E-state index is 0.955. The standard InChI is InChI=1S/C31H31N2S5/c1-5-32-26-18-24(35-7-3)11-13-28(26)37-30(32)15-9-22-17-23(21-34-20-22)10-16-31-33(6-2)27-19-25(36-8-4)12-14-29(27)38-31/h7-19H,3-6,20-21H2,1-2H3/q+1. The van der Waals surface area contributed by atoms with Crippen molar-refractivity contribution >= 4 is 80.4 Å². The smallest absolute Gasteiger partial charge is 0.262 e. The second-order valence-electron chi connectivity index (χ2n) is 8.65. The molecule has 0 fully saturated rings. The molecule has 0 unspecified atom stereocenters. The predicted molar refractivity (Wildman–Crippen MR) is 176 cm³/mol. The number of thioether (sulfide) groups is 4. The monoisotopic (exact) mass is 591 g/mol. The first-order chi connectivity index (χ1) is 18.6.